The zero-order valence-electron chi connectivity index (χ0n) is 25.6. The zero-order valence-corrected chi connectivity index (χ0v) is 26.4. The number of halogens is 2. The molecule has 240 valence electrons. The van der Waals surface area contributed by atoms with Crippen LogP contribution in [-0.2, 0) is 27.5 Å². The van der Waals surface area contributed by atoms with Crippen molar-refractivity contribution in [2.24, 2.45) is 5.41 Å². The van der Waals surface area contributed by atoms with Crippen molar-refractivity contribution >= 4 is 26.7 Å². The Hall–Kier alpha value is -4.51. The smallest absolute Gasteiger partial charge is 0.307 e. The molecule has 0 fully saturated rings. The molecule has 0 saturated heterocycles. The van der Waals surface area contributed by atoms with Crippen LogP contribution in [0, 0.1) is 17.0 Å². The van der Waals surface area contributed by atoms with E-state index < -0.39 is 32.9 Å². The van der Waals surface area contributed by atoms with Gasteiger partial charge in [-0.1, -0.05) is 44.5 Å². The number of aromatic nitrogens is 3. The Morgan fingerprint density at radius 2 is 1.93 bits per heavy atom. The number of aromatic amines is 1. The van der Waals surface area contributed by atoms with E-state index in [4.69, 9.17) is 9.84 Å². The van der Waals surface area contributed by atoms with Crippen molar-refractivity contribution in [3.05, 3.63) is 101 Å². The molecule has 1 aliphatic rings. The van der Waals surface area contributed by atoms with E-state index >= 15 is 8.78 Å². The highest BCUT2D eigenvalue weighted by molar-refractivity contribution is 7.91. The number of hydrogen-bond donors (Lipinski definition) is 2. The standard InChI is InChI=1S/C35H35F2N3O5S/c1-35(2)13-4-7-32(23-6-3-5-22(17-23)18-33(41)42)40-15-11-30(39-40)27-19-24(8-9-28(27)36)45-34-26(12-16-46(43,44)21-35)25-10-14-38-31(25)20-29(34)37/h3,5-6,8-11,14-15,17,19-20,32,38H,4,7,12-13,16,18,21H2,1-2H3,(H,41,42). The molecule has 1 atom stereocenters. The third-order valence-electron chi connectivity index (χ3n) is 8.52. The van der Waals surface area contributed by atoms with E-state index in [9.17, 15) is 18.3 Å². The van der Waals surface area contributed by atoms with Crippen LogP contribution >= 0.6 is 0 Å². The van der Waals surface area contributed by atoms with Crippen LogP contribution in [0.4, 0.5) is 8.78 Å². The molecule has 0 saturated carbocycles. The predicted molar refractivity (Wildman–Crippen MR) is 172 cm³/mol. The van der Waals surface area contributed by atoms with Gasteiger partial charge < -0.3 is 14.8 Å². The summed E-state index contributed by atoms with van der Waals surface area (Å²) < 4.78 is 65.6. The van der Waals surface area contributed by atoms with Crippen molar-refractivity contribution in [3.63, 3.8) is 0 Å². The molecule has 3 aromatic carbocycles. The minimum atomic E-state index is -3.56. The molecular weight excluding hydrogens is 612 g/mol. The summed E-state index contributed by atoms with van der Waals surface area (Å²) in [6.45, 7) is 3.85. The van der Waals surface area contributed by atoms with E-state index in [1.807, 2.05) is 26.0 Å². The van der Waals surface area contributed by atoms with Crippen molar-refractivity contribution in [2.75, 3.05) is 11.5 Å². The van der Waals surface area contributed by atoms with Crippen LogP contribution in [0.3, 0.4) is 0 Å². The minimum Gasteiger partial charge on any atom is -0.481 e. The Balaban J connectivity index is 1.46. The summed E-state index contributed by atoms with van der Waals surface area (Å²) >= 11 is 0. The lowest BCUT2D eigenvalue weighted by atomic mass is 9.87. The van der Waals surface area contributed by atoms with Gasteiger partial charge in [0.1, 0.15) is 11.6 Å². The zero-order chi connectivity index (χ0) is 32.6. The lowest BCUT2D eigenvalue weighted by Gasteiger charge is -2.26. The molecule has 8 nitrogen and oxygen atoms in total. The molecule has 6 rings (SSSR count). The molecule has 11 heteroatoms. The van der Waals surface area contributed by atoms with Crippen LogP contribution in [-0.4, -0.2) is 45.8 Å². The number of fused-ring (bicyclic) bond motifs is 8. The summed E-state index contributed by atoms with van der Waals surface area (Å²) in [5.41, 5.74) is 2.38. The van der Waals surface area contributed by atoms with Crippen LogP contribution in [0.25, 0.3) is 22.2 Å². The molecule has 46 heavy (non-hydrogen) atoms. The second kappa shape index (κ2) is 12.4. The first-order valence-electron chi connectivity index (χ1n) is 15.2. The van der Waals surface area contributed by atoms with Crippen LogP contribution in [0.5, 0.6) is 11.5 Å². The molecule has 4 bridgehead atoms. The number of carbonyl (C=O) groups is 1. The number of rotatable bonds is 3. The second-order valence-corrected chi connectivity index (χ2v) is 14.9. The number of H-pyrrole nitrogens is 1. The Bertz CT molecular complexity index is 2030. The fraction of sp³-hybridized carbons (Fsp3) is 0.314. The number of ether oxygens (including phenoxy) is 1. The monoisotopic (exact) mass is 647 g/mol. The van der Waals surface area contributed by atoms with E-state index in [-0.39, 0.29) is 47.5 Å². The largest absolute Gasteiger partial charge is 0.481 e. The first-order chi connectivity index (χ1) is 21.9. The van der Waals surface area contributed by atoms with Gasteiger partial charge in [-0.2, -0.15) is 5.10 Å². The molecule has 5 aromatic rings. The van der Waals surface area contributed by atoms with Crippen molar-refractivity contribution in [3.8, 4) is 22.8 Å². The number of carboxylic acids is 1. The summed E-state index contributed by atoms with van der Waals surface area (Å²) in [5, 5.41) is 14.7. The Kier molecular flexibility index (Phi) is 8.45. The maximum absolute atomic E-state index is 15.5. The van der Waals surface area contributed by atoms with Gasteiger partial charge in [-0.05, 0) is 66.1 Å². The van der Waals surface area contributed by atoms with Gasteiger partial charge in [0.15, 0.2) is 21.4 Å². The summed E-state index contributed by atoms with van der Waals surface area (Å²) in [5.74, 6) is -2.33. The maximum Gasteiger partial charge on any atom is 0.307 e. The second-order valence-electron chi connectivity index (χ2n) is 12.8. The van der Waals surface area contributed by atoms with Gasteiger partial charge in [0, 0.05) is 40.5 Å². The van der Waals surface area contributed by atoms with Crippen molar-refractivity contribution < 1.29 is 31.8 Å². The van der Waals surface area contributed by atoms with Crippen LogP contribution in [0.1, 0.15) is 55.8 Å². The molecule has 0 spiro atoms. The molecule has 2 N–H and O–H groups in total. The summed E-state index contributed by atoms with van der Waals surface area (Å²) in [6, 6.07) is 15.8. The van der Waals surface area contributed by atoms with Gasteiger partial charge in [-0.3, -0.25) is 9.48 Å². The number of hydrogen-bond acceptors (Lipinski definition) is 5. The SMILES string of the molecule is CC1(C)CCCC(c2cccc(CC(=O)O)c2)n2ccc(n2)-c2cc(ccc2F)Oc2c(F)cc3[nH]ccc3c2CCS(=O)(=O)C1. The third-order valence-corrected chi connectivity index (χ3v) is 10.6. The number of sulfone groups is 1. The maximum atomic E-state index is 15.5. The Labute approximate surface area is 265 Å². The molecule has 0 aliphatic carbocycles. The van der Waals surface area contributed by atoms with E-state index in [0.717, 1.165) is 5.56 Å². The number of aliphatic carboxylic acids is 1. The van der Waals surface area contributed by atoms with Crippen molar-refractivity contribution in [2.45, 2.75) is 52.0 Å². The van der Waals surface area contributed by atoms with E-state index in [1.165, 1.54) is 24.3 Å². The highest BCUT2D eigenvalue weighted by atomic mass is 32.2. The average molecular weight is 648 g/mol. The summed E-state index contributed by atoms with van der Waals surface area (Å²) in [4.78, 5) is 14.4. The van der Waals surface area contributed by atoms with Crippen molar-refractivity contribution in [1.29, 1.82) is 0 Å². The number of nitrogens with zero attached hydrogens (tertiary/aromatic N) is 2. The van der Waals surface area contributed by atoms with Gasteiger partial charge >= 0.3 is 5.97 Å². The molecule has 2 aromatic heterocycles. The van der Waals surface area contributed by atoms with Gasteiger partial charge in [-0.15, -0.1) is 0 Å². The molecule has 0 amide bonds. The third kappa shape index (κ3) is 6.84. The molecule has 3 heterocycles. The van der Waals surface area contributed by atoms with Gasteiger partial charge in [-0.25, -0.2) is 17.2 Å². The van der Waals surface area contributed by atoms with Crippen LogP contribution in [0.15, 0.2) is 73.1 Å². The minimum absolute atomic E-state index is 0.0348. The average Bonchev–Trinajstić information content (AvgIpc) is 3.65. The Morgan fingerprint density at radius 3 is 2.74 bits per heavy atom. The van der Waals surface area contributed by atoms with Crippen molar-refractivity contribution in [1.82, 2.24) is 14.8 Å². The highest BCUT2D eigenvalue weighted by Gasteiger charge is 2.29. The number of aryl methyl sites for hydroxylation is 1. The van der Waals surface area contributed by atoms with Gasteiger partial charge in [0.2, 0.25) is 0 Å². The predicted octanol–water partition coefficient (Wildman–Crippen LogP) is 7.49. The van der Waals surface area contributed by atoms with Crippen LogP contribution < -0.4 is 4.74 Å². The lowest BCUT2D eigenvalue weighted by molar-refractivity contribution is -0.136. The summed E-state index contributed by atoms with van der Waals surface area (Å²) in [7, 11) is -3.56. The fourth-order valence-corrected chi connectivity index (χ4v) is 8.42. The first kappa shape index (κ1) is 31.5. The lowest BCUT2D eigenvalue weighted by Crippen LogP contribution is -2.27. The number of carboxylic acid groups (broad SMARTS) is 1. The first-order valence-corrected chi connectivity index (χ1v) is 17.0. The highest BCUT2D eigenvalue weighted by Crippen LogP contribution is 2.38. The van der Waals surface area contributed by atoms with E-state index in [0.29, 0.717) is 47.0 Å². The fourth-order valence-electron chi connectivity index (χ4n) is 6.43. The Morgan fingerprint density at radius 1 is 1.11 bits per heavy atom. The van der Waals surface area contributed by atoms with Gasteiger partial charge in [0.05, 0.1) is 29.7 Å². The number of benzene rings is 3. The molecule has 1 unspecified atom stereocenters. The van der Waals surface area contributed by atoms with Crippen LogP contribution in [0.2, 0.25) is 0 Å². The molecular formula is C35H35F2N3O5S. The summed E-state index contributed by atoms with van der Waals surface area (Å²) in [6.07, 6.45) is 5.15. The molecule has 1 aliphatic heterocycles. The number of nitrogens with one attached hydrogen (secondary N) is 1. The van der Waals surface area contributed by atoms with E-state index in [2.05, 4.69) is 4.98 Å². The topological polar surface area (TPSA) is 114 Å². The van der Waals surface area contributed by atoms with E-state index in [1.54, 1.807) is 41.3 Å². The quantitative estimate of drug-likeness (QED) is 0.210. The molecule has 0 radical (unpaired) electrons. The normalized spacial score (nSPS) is 18.2. The van der Waals surface area contributed by atoms with Gasteiger partial charge in [0.25, 0.3) is 0 Å².